The Morgan fingerprint density at radius 2 is 1.96 bits per heavy atom. The van der Waals surface area contributed by atoms with E-state index in [0.29, 0.717) is 11.6 Å². The highest BCUT2D eigenvalue weighted by molar-refractivity contribution is 5.92. The minimum atomic E-state index is -4.87. The van der Waals surface area contributed by atoms with Crippen LogP contribution in [-0.2, 0) is 9.59 Å². The molecular weight excluding hydrogens is 315 g/mol. The maximum atomic E-state index is 12.4. The van der Waals surface area contributed by atoms with E-state index in [1.807, 2.05) is 0 Å². The molecule has 0 aromatic carbocycles. The molecule has 0 atom stereocenters. The summed E-state index contributed by atoms with van der Waals surface area (Å²) in [6.45, 7) is -0.172. The number of amides is 2. The molecule has 1 aromatic rings. The highest BCUT2D eigenvalue weighted by Crippen LogP contribution is 2.24. The van der Waals surface area contributed by atoms with Gasteiger partial charge in [0.15, 0.2) is 0 Å². The highest BCUT2D eigenvalue weighted by atomic mass is 19.4. The molecule has 126 valence electrons. The number of halogens is 3. The standard InChI is InChI=1S/C14H16F3N3O3/c1-23-11-3-2-10(8-18-11)19-12(21)9-4-6-20(7-5-9)13(22)14(15,16)17/h2-3,8-9H,4-7H2,1H3,(H,19,21). The lowest BCUT2D eigenvalue weighted by Gasteiger charge is -2.31. The number of piperidine rings is 1. The third-order valence-electron chi connectivity index (χ3n) is 3.61. The van der Waals surface area contributed by atoms with Crippen LogP contribution >= 0.6 is 0 Å². The van der Waals surface area contributed by atoms with Gasteiger partial charge >= 0.3 is 12.1 Å². The minimum Gasteiger partial charge on any atom is -0.481 e. The summed E-state index contributed by atoms with van der Waals surface area (Å²) in [6.07, 6.45) is -3.06. The summed E-state index contributed by atoms with van der Waals surface area (Å²) in [6, 6.07) is 3.20. The van der Waals surface area contributed by atoms with Gasteiger partial charge in [-0.25, -0.2) is 4.98 Å². The Labute approximate surface area is 130 Å². The molecule has 2 amide bonds. The highest BCUT2D eigenvalue weighted by Gasteiger charge is 2.43. The zero-order valence-electron chi connectivity index (χ0n) is 12.4. The van der Waals surface area contributed by atoms with Crippen molar-refractivity contribution in [1.82, 2.24) is 9.88 Å². The van der Waals surface area contributed by atoms with Crippen molar-refractivity contribution in [3.05, 3.63) is 18.3 Å². The fourth-order valence-electron chi connectivity index (χ4n) is 2.34. The van der Waals surface area contributed by atoms with Gasteiger partial charge in [0.25, 0.3) is 0 Å². The molecule has 6 nitrogen and oxygen atoms in total. The number of rotatable bonds is 3. The molecule has 2 rings (SSSR count). The topological polar surface area (TPSA) is 71.5 Å². The Morgan fingerprint density at radius 3 is 2.43 bits per heavy atom. The second-order valence-corrected chi connectivity index (χ2v) is 5.14. The van der Waals surface area contributed by atoms with E-state index in [-0.39, 0.29) is 31.8 Å². The van der Waals surface area contributed by atoms with Crippen LogP contribution < -0.4 is 10.1 Å². The van der Waals surface area contributed by atoms with Gasteiger partial charge in [-0.1, -0.05) is 0 Å². The lowest BCUT2D eigenvalue weighted by molar-refractivity contribution is -0.186. The summed E-state index contributed by atoms with van der Waals surface area (Å²) in [7, 11) is 1.47. The monoisotopic (exact) mass is 331 g/mol. The Hall–Kier alpha value is -2.32. The normalized spacial score (nSPS) is 16.1. The van der Waals surface area contributed by atoms with E-state index in [1.54, 1.807) is 12.1 Å². The van der Waals surface area contributed by atoms with Gasteiger partial charge in [0.2, 0.25) is 11.8 Å². The number of hydrogen-bond donors (Lipinski definition) is 1. The molecular formula is C14H16F3N3O3. The summed E-state index contributed by atoms with van der Waals surface area (Å²) in [5.41, 5.74) is 0.476. The largest absolute Gasteiger partial charge is 0.481 e. The van der Waals surface area contributed by atoms with Gasteiger partial charge in [-0.3, -0.25) is 9.59 Å². The molecule has 23 heavy (non-hydrogen) atoms. The maximum absolute atomic E-state index is 12.4. The number of anilines is 1. The maximum Gasteiger partial charge on any atom is 0.471 e. The summed E-state index contributed by atoms with van der Waals surface area (Å²) < 4.78 is 42.0. The van der Waals surface area contributed by atoms with Gasteiger partial charge in [-0.05, 0) is 18.9 Å². The molecule has 0 radical (unpaired) electrons. The molecule has 0 aliphatic carbocycles. The van der Waals surface area contributed by atoms with Crippen LogP contribution in [0.3, 0.4) is 0 Å². The molecule has 0 saturated carbocycles. The molecule has 1 saturated heterocycles. The smallest absolute Gasteiger partial charge is 0.471 e. The van der Waals surface area contributed by atoms with Crippen LogP contribution in [0.4, 0.5) is 18.9 Å². The van der Waals surface area contributed by atoms with Crippen molar-refractivity contribution in [2.24, 2.45) is 5.92 Å². The second-order valence-electron chi connectivity index (χ2n) is 5.14. The lowest BCUT2D eigenvalue weighted by Crippen LogP contribution is -2.46. The number of pyridine rings is 1. The number of nitrogens with zero attached hydrogens (tertiary/aromatic N) is 2. The first kappa shape index (κ1) is 17.0. The molecule has 1 aromatic heterocycles. The minimum absolute atomic E-state index is 0.0860. The summed E-state index contributed by atoms with van der Waals surface area (Å²) in [4.78, 5) is 27.9. The van der Waals surface area contributed by atoms with E-state index >= 15 is 0 Å². The Balaban J connectivity index is 1.87. The van der Waals surface area contributed by atoms with E-state index in [2.05, 4.69) is 10.3 Å². The van der Waals surface area contributed by atoms with Crippen molar-refractivity contribution in [3.63, 3.8) is 0 Å². The van der Waals surface area contributed by atoms with Crippen molar-refractivity contribution in [2.75, 3.05) is 25.5 Å². The van der Waals surface area contributed by atoms with E-state index in [9.17, 15) is 22.8 Å². The van der Waals surface area contributed by atoms with Crippen LogP contribution in [-0.4, -0.2) is 48.1 Å². The van der Waals surface area contributed by atoms with E-state index < -0.39 is 18.0 Å². The van der Waals surface area contributed by atoms with Gasteiger partial charge in [-0.2, -0.15) is 13.2 Å². The molecule has 1 fully saturated rings. The number of nitrogens with one attached hydrogen (secondary N) is 1. The van der Waals surface area contributed by atoms with E-state index in [0.717, 1.165) is 4.90 Å². The van der Waals surface area contributed by atoms with Gasteiger partial charge < -0.3 is 15.0 Å². The summed E-state index contributed by atoms with van der Waals surface area (Å²) in [5.74, 6) is -2.18. The average Bonchev–Trinajstić information content (AvgIpc) is 2.54. The second kappa shape index (κ2) is 6.84. The molecule has 2 heterocycles. The van der Waals surface area contributed by atoms with E-state index in [1.165, 1.54) is 13.3 Å². The van der Waals surface area contributed by atoms with E-state index in [4.69, 9.17) is 4.74 Å². The molecule has 9 heteroatoms. The molecule has 1 aliphatic rings. The lowest BCUT2D eigenvalue weighted by atomic mass is 9.95. The number of aromatic nitrogens is 1. The first-order valence-electron chi connectivity index (χ1n) is 6.98. The molecule has 1 N–H and O–H groups in total. The molecule has 1 aliphatic heterocycles. The van der Waals surface area contributed by atoms with Crippen LogP contribution in [0.15, 0.2) is 18.3 Å². The number of carbonyl (C=O) groups excluding carboxylic acids is 2. The Morgan fingerprint density at radius 1 is 1.30 bits per heavy atom. The predicted molar refractivity (Wildman–Crippen MR) is 74.8 cm³/mol. The van der Waals surface area contributed by atoms with Gasteiger partial charge in [0.05, 0.1) is 19.0 Å². The third-order valence-corrected chi connectivity index (χ3v) is 3.61. The first-order chi connectivity index (χ1) is 10.8. The van der Waals surface area contributed by atoms with Crippen LogP contribution in [0.5, 0.6) is 5.88 Å². The van der Waals surface area contributed by atoms with Crippen molar-refractivity contribution in [3.8, 4) is 5.88 Å². The average molecular weight is 331 g/mol. The zero-order chi connectivity index (χ0) is 17.0. The Kier molecular flexibility index (Phi) is 5.07. The number of likely N-dealkylation sites (tertiary alicyclic amines) is 1. The zero-order valence-corrected chi connectivity index (χ0v) is 12.4. The van der Waals surface area contributed by atoms with Crippen LogP contribution in [0.2, 0.25) is 0 Å². The number of methoxy groups -OCH3 is 1. The quantitative estimate of drug-likeness (QED) is 0.917. The van der Waals surface area contributed by atoms with Crippen LogP contribution in [0.1, 0.15) is 12.8 Å². The first-order valence-corrected chi connectivity index (χ1v) is 6.98. The summed E-state index contributed by atoms with van der Waals surface area (Å²) in [5, 5.41) is 2.65. The number of hydrogen-bond acceptors (Lipinski definition) is 4. The van der Waals surface area contributed by atoms with Gasteiger partial charge in [0, 0.05) is 25.1 Å². The van der Waals surface area contributed by atoms with Crippen molar-refractivity contribution in [1.29, 1.82) is 0 Å². The van der Waals surface area contributed by atoms with Crippen LogP contribution in [0.25, 0.3) is 0 Å². The molecule has 0 unspecified atom stereocenters. The summed E-state index contributed by atoms with van der Waals surface area (Å²) >= 11 is 0. The van der Waals surface area contributed by atoms with Crippen molar-refractivity contribution < 1.29 is 27.5 Å². The number of ether oxygens (including phenoxy) is 1. The number of alkyl halides is 3. The molecule has 0 spiro atoms. The van der Waals surface area contributed by atoms with Gasteiger partial charge in [-0.15, -0.1) is 0 Å². The van der Waals surface area contributed by atoms with Crippen molar-refractivity contribution >= 4 is 17.5 Å². The number of carbonyl (C=O) groups is 2. The van der Waals surface area contributed by atoms with Gasteiger partial charge in [0.1, 0.15) is 0 Å². The predicted octanol–water partition coefficient (Wildman–Crippen LogP) is 1.83. The fourth-order valence-corrected chi connectivity index (χ4v) is 2.34. The molecule has 0 bridgehead atoms. The third kappa shape index (κ3) is 4.33. The fraction of sp³-hybridized carbons (Fsp3) is 0.500. The Bertz CT molecular complexity index is 567. The van der Waals surface area contributed by atoms with Crippen molar-refractivity contribution in [2.45, 2.75) is 19.0 Å². The SMILES string of the molecule is COc1ccc(NC(=O)C2CCN(C(=O)C(F)(F)F)CC2)cn1. The van der Waals surface area contributed by atoms with Crippen LogP contribution in [0, 0.1) is 5.92 Å².